The number of hydrogen-bond donors (Lipinski definition) is 2. The van der Waals surface area contributed by atoms with Gasteiger partial charge in [0, 0.05) is 22.4 Å². The van der Waals surface area contributed by atoms with E-state index in [-0.39, 0.29) is 0 Å². The predicted molar refractivity (Wildman–Crippen MR) is 69.8 cm³/mol. The maximum atomic E-state index is 5.76. The van der Waals surface area contributed by atoms with E-state index >= 15 is 0 Å². The molecule has 0 spiro atoms. The third-order valence-corrected chi connectivity index (χ3v) is 3.35. The highest BCUT2D eigenvalue weighted by atomic mass is 32.1. The van der Waals surface area contributed by atoms with Crippen molar-refractivity contribution >= 4 is 22.7 Å². The van der Waals surface area contributed by atoms with Crippen LogP contribution < -0.4 is 11.1 Å². The van der Waals surface area contributed by atoms with Gasteiger partial charge in [-0.25, -0.2) is 4.98 Å². The van der Waals surface area contributed by atoms with E-state index in [1.165, 1.54) is 0 Å². The van der Waals surface area contributed by atoms with E-state index < -0.39 is 0 Å². The summed E-state index contributed by atoms with van der Waals surface area (Å²) in [5.41, 5.74) is 9.85. The summed E-state index contributed by atoms with van der Waals surface area (Å²) in [6.45, 7) is 4.78. The molecule has 0 amide bonds. The maximum absolute atomic E-state index is 5.76. The Labute approximate surface area is 99.3 Å². The molecule has 3 N–H and O–H groups in total. The van der Waals surface area contributed by atoms with Gasteiger partial charge in [-0.1, -0.05) is 0 Å². The lowest BCUT2D eigenvalue weighted by atomic mass is 10.2. The summed E-state index contributed by atoms with van der Waals surface area (Å²) in [5.74, 6) is 0. The topological polar surface area (TPSA) is 50.9 Å². The van der Waals surface area contributed by atoms with Gasteiger partial charge in [-0.05, 0) is 37.6 Å². The van der Waals surface area contributed by atoms with E-state index in [0.29, 0.717) is 0 Å². The lowest BCUT2D eigenvalue weighted by molar-refractivity contribution is 1.08. The molecule has 84 valence electrons. The van der Waals surface area contributed by atoms with Crippen LogP contribution in [0.2, 0.25) is 0 Å². The molecule has 16 heavy (non-hydrogen) atoms. The quantitative estimate of drug-likeness (QED) is 0.801. The second-order valence-corrected chi connectivity index (χ2v) is 4.75. The number of thiazole rings is 1. The third-order valence-electron chi connectivity index (χ3n) is 2.38. The molecular formula is C12H15N3S. The van der Waals surface area contributed by atoms with Crippen molar-refractivity contribution in [3.63, 3.8) is 0 Å². The van der Waals surface area contributed by atoms with Crippen molar-refractivity contribution in [2.45, 2.75) is 20.4 Å². The minimum Gasteiger partial charge on any atom is -0.399 e. The van der Waals surface area contributed by atoms with Gasteiger partial charge in [-0.15, -0.1) is 11.3 Å². The summed E-state index contributed by atoms with van der Waals surface area (Å²) in [7, 11) is 0. The van der Waals surface area contributed by atoms with Gasteiger partial charge in [0.2, 0.25) is 0 Å². The Bertz CT molecular complexity index is 491. The van der Waals surface area contributed by atoms with Crippen molar-refractivity contribution in [3.05, 3.63) is 39.8 Å². The predicted octanol–water partition coefficient (Wildman–Crippen LogP) is 2.95. The van der Waals surface area contributed by atoms with Gasteiger partial charge in [-0.3, -0.25) is 0 Å². The van der Waals surface area contributed by atoms with Crippen molar-refractivity contribution in [1.29, 1.82) is 0 Å². The summed E-state index contributed by atoms with van der Waals surface area (Å²) in [5, 5.41) is 6.50. The number of hydrogen-bond acceptors (Lipinski definition) is 4. The van der Waals surface area contributed by atoms with Crippen LogP contribution in [0.4, 0.5) is 11.4 Å². The zero-order valence-corrected chi connectivity index (χ0v) is 10.3. The Morgan fingerprint density at radius 1 is 1.38 bits per heavy atom. The lowest BCUT2D eigenvalue weighted by Gasteiger charge is -2.06. The molecule has 0 saturated heterocycles. The normalized spacial score (nSPS) is 10.4. The average Bonchev–Trinajstić information content (AvgIpc) is 2.66. The highest BCUT2D eigenvalue weighted by molar-refractivity contribution is 7.09. The number of benzene rings is 1. The first-order valence-corrected chi connectivity index (χ1v) is 6.04. The van der Waals surface area contributed by atoms with Crippen LogP contribution in [-0.4, -0.2) is 4.98 Å². The van der Waals surface area contributed by atoms with Crippen LogP contribution in [0.15, 0.2) is 23.6 Å². The molecule has 4 heteroatoms. The van der Waals surface area contributed by atoms with Crippen LogP contribution >= 0.6 is 11.3 Å². The molecule has 3 nitrogen and oxygen atoms in total. The first kappa shape index (κ1) is 11.0. The average molecular weight is 233 g/mol. The number of aromatic nitrogens is 1. The fourth-order valence-electron chi connectivity index (χ4n) is 1.45. The van der Waals surface area contributed by atoms with Crippen molar-refractivity contribution in [3.8, 4) is 0 Å². The van der Waals surface area contributed by atoms with Gasteiger partial charge in [0.1, 0.15) is 5.01 Å². The minimum absolute atomic E-state index is 0.766. The second-order valence-electron chi connectivity index (χ2n) is 3.81. The molecule has 1 aromatic heterocycles. The highest BCUT2D eigenvalue weighted by Crippen LogP contribution is 2.18. The number of rotatable bonds is 3. The fraction of sp³-hybridized carbons (Fsp3) is 0.250. The number of nitrogens with zero attached hydrogens (tertiary/aromatic N) is 1. The molecule has 1 aromatic carbocycles. The maximum Gasteiger partial charge on any atom is 0.112 e. The van der Waals surface area contributed by atoms with Gasteiger partial charge >= 0.3 is 0 Å². The molecule has 0 aliphatic rings. The SMILES string of the molecule is Cc1csc(CNc2ccc(N)c(C)c2)n1. The van der Waals surface area contributed by atoms with E-state index in [9.17, 15) is 0 Å². The highest BCUT2D eigenvalue weighted by Gasteiger charge is 2.00. The number of nitrogens with one attached hydrogen (secondary N) is 1. The third kappa shape index (κ3) is 2.52. The van der Waals surface area contributed by atoms with E-state index in [4.69, 9.17) is 5.73 Å². The smallest absolute Gasteiger partial charge is 0.112 e. The first-order chi connectivity index (χ1) is 7.65. The summed E-state index contributed by atoms with van der Waals surface area (Å²) in [6.07, 6.45) is 0. The number of aryl methyl sites for hydroxylation is 2. The molecule has 0 aliphatic heterocycles. The van der Waals surface area contributed by atoms with Crippen LogP contribution in [0.1, 0.15) is 16.3 Å². The van der Waals surface area contributed by atoms with Crippen molar-refractivity contribution in [2.24, 2.45) is 0 Å². The Morgan fingerprint density at radius 3 is 2.81 bits per heavy atom. The van der Waals surface area contributed by atoms with Gasteiger partial charge in [0.15, 0.2) is 0 Å². The molecule has 0 fully saturated rings. The Hall–Kier alpha value is -1.55. The largest absolute Gasteiger partial charge is 0.399 e. The van der Waals surface area contributed by atoms with Crippen LogP contribution in [0.5, 0.6) is 0 Å². The molecule has 0 aliphatic carbocycles. The lowest BCUT2D eigenvalue weighted by Crippen LogP contribution is -2.00. The number of anilines is 2. The van der Waals surface area contributed by atoms with Crippen molar-refractivity contribution < 1.29 is 0 Å². The second kappa shape index (κ2) is 4.53. The zero-order chi connectivity index (χ0) is 11.5. The molecule has 0 atom stereocenters. The standard InChI is InChI=1S/C12H15N3S/c1-8-5-10(3-4-11(8)13)14-6-12-15-9(2)7-16-12/h3-5,7,14H,6,13H2,1-2H3. The van der Waals surface area contributed by atoms with E-state index in [1.807, 2.05) is 26.0 Å². The summed E-state index contributed by atoms with van der Waals surface area (Å²) < 4.78 is 0. The van der Waals surface area contributed by atoms with E-state index in [1.54, 1.807) is 11.3 Å². The van der Waals surface area contributed by atoms with Crippen LogP contribution in [0.3, 0.4) is 0 Å². The van der Waals surface area contributed by atoms with Crippen molar-refractivity contribution in [2.75, 3.05) is 11.1 Å². The van der Waals surface area contributed by atoms with Gasteiger partial charge in [0.25, 0.3) is 0 Å². The molecule has 2 rings (SSSR count). The Balaban J connectivity index is 2.02. The fourth-order valence-corrected chi connectivity index (χ4v) is 2.16. The van der Waals surface area contributed by atoms with Crippen molar-refractivity contribution in [1.82, 2.24) is 4.98 Å². The summed E-state index contributed by atoms with van der Waals surface area (Å²) >= 11 is 1.68. The van der Waals surface area contributed by atoms with Gasteiger partial charge in [-0.2, -0.15) is 0 Å². The van der Waals surface area contributed by atoms with E-state index in [2.05, 4.69) is 21.7 Å². The minimum atomic E-state index is 0.766. The number of nitrogens with two attached hydrogens (primary N) is 1. The molecule has 0 unspecified atom stereocenters. The van der Waals surface area contributed by atoms with Crippen LogP contribution in [0.25, 0.3) is 0 Å². The summed E-state index contributed by atoms with van der Waals surface area (Å²) in [4.78, 5) is 4.40. The number of nitrogen functional groups attached to an aromatic ring is 1. The monoisotopic (exact) mass is 233 g/mol. The summed E-state index contributed by atoms with van der Waals surface area (Å²) in [6, 6.07) is 5.96. The molecule has 0 bridgehead atoms. The molecule has 1 heterocycles. The first-order valence-electron chi connectivity index (χ1n) is 5.16. The molecule has 0 radical (unpaired) electrons. The Kier molecular flexibility index (Phi) is 3.10. The van der Waals surface area contributed by atoms with Gasteiger partial charge in [0.05, 0.1) is 6.54 Å². The van der Waals surface area contributed by atoms with Crippen LogP contribution in [0, 0.1) is 13.8 Å². The zero-order valence-electron chi connectivity index (χ0n) is 9.45. The van der Waals surface area contributed by atoms with Gasteiger partial charge < -0.3 is 11.1 Å². The molecule has 0 saturated carbocycles. The van der Waals surface area contributed by atoms with Crippen LogP contribution in [-0.2, 0) is 6.54 Å². The Morgan fingerprint density at radius 2 is 2.19 bits per heavy atom. The molecule has 2 aromatic rings. The molecular weight excluding hydrogens is 218 g/mol. The van der Waals surface area contributed by atoms with E-state index in [0.717, 1.165) is 34.2 Å².